The number of aliphatic hydroxyl groups excluding tert-OH is 1. The van der Waals surface area contributed by atoms with Gasteiger partial charge in [0, 0.05) is 17.0 Å². The molecule has 0 spiro atoms. The summed E-state index contributed by atoms with van der Waals surface area (Å²) in [5.74, 6) is 0.591. The number of esters is 1. The van der Waals surface area contributed by atoms with Crippen LogP contribution in [0.5, 0.6) is 0 Å². The van der Waals surface area contributed by atoms with E-state index in [1.807, 2.05) is 13.0 Å². The average Bonchev–Trinajstić information content (AvgIpc) is 3.36. The monoisotopic (exact) mass is 443 g/mol. The minimum atomic E-state index is -0.517. The molecule has 3 N–H and O–H groups in total. The topological polar surface area (TPSA) is 72.6 Å². The highest BCUT2D eigenvalue weighted by Gasteiger charge is 2.53. The largest absolute Gasteiger partial charge is 0.511 e. The molecule has 2 aliphatic carbocycles. The minimum Gasteiger partial charge on any atom is -0.511 e. The van der Waals surface area contributed by atoms with Crippen molar-refractivity contribution in [2.75, 3.05) is 5.73 Å². The maximum atomic E-state index is 13.4. The molecule has 4 nitrogen and oxygen atoms in total. The van der Waals surface area contributed by atoms with Crippen LogP contribution >= 0.6 is 11.8 Å². The molecule has 0 unspecified atom stereocenters. The number of carbonyl (C=O) groups excluding carboxylic acids is 1. The molecular formula is C26H37NO3S. The van der Waals surface area contributed by atoms with Crippen molar-refractivity contribution in [2.24, 2.45) is 11.8 Å². The second kappa shape index (κ2) is 8.38. The molecule has 31 heavy (non-hydrogen) atoms. The molecule has 5 heteroatoms. The zero-order chi connectivity index (χ0) is 22.4. The Balaban J connectivity index is 1.71. The molecule has 4 rings (SSSR count). The number of hydrogen-bond donors (Lipinski definition) is 2. The molecule has 0 amide bonds. The quantitative estimate of drug-likeness (QED) is 0.395. The van der Waals surface area contributed by atoms with Crippen LogP contribution in [0.15, 0.2) is 27.7 Å². The lowest BCUT2D eigenvalue weighted by Crippen LogP contribution is -2.50. The van der Waals surface area contributed by atoms with E-state index < -0.39 is 5.60 Å². The van der Waals surface area contributed by atoms with Gasteiger partial charge < -0.3 is 15.6 Å². The van der Waals surface area contributed by atoms with Crippen molar-refractivity contribution in [3.63, 3.8) is 0 Å². The Morgan fingerprint density at radius 2 is 1.61 bits per heavy atom. The van der Waals surface area contributed by atoms with Crippen LogP contribution in [0.1, 0.15) is 89.7 Å². The number of carbonyl (C=O) groups is 1. The van der Waals surface area contributed by atoms with Gasteiger partial charge in [-0.2, -0.15) is 0 Å². The Labute approximate surface area is 191 Å². The summed E-state index contributed by atoms with van der Waals surface area (Å²) < 4.78 is 6.37. The van der Waals surface area contributed by atoms with Gasteiger partial charge in [-0.3, -0.25) is 0 Å². The van der Waals surface area contributed by atoms with Crippen LogP contribution in [-0.4, -0.2) is 16.7 Å². The van der Waals surface area contributed by atoms with Crippen molar-refractivity contribution in [3.05, 3.63) is 33.9 Å². The van der Waals surface area contributed by atoms with Crippen molar-refractivity contribution in [1.29, 1.82) is 0 Å². The van der Waals surface area contributed by atoms with Gasteiger partial charge in [0.25, 0.3) is 0 Å². The van der Waals surface area contributed by atoms with Crippen LogP contribution < -0.4 is 5.73 Å². The van der Waals surface area contributed by atoms with E-state index in [0.717, 1.165) is 47.4 Å². The lowest BCUT2D eigenvalue weighted by Gasteiger charge is -2.45. The number of ether oxygens (including phenoxy) is 1. The van der Waals surface area contributed by atoms with Gasteiger partial charge >= 0.3 is 5.97 Å². The van der Waals surface area contributed by atoms with Crippen LogP contribution in [0.25, 0.3) is 0 Å². The van der Waals surface area contributed by atoms with Gasteiger partial charge in [0.1, 0.15) is 16.3 Å². The third-order valence-electron chi connectivity index (χ3n) is 7.51. The molecule has 1 heterocycles. The first-order chi connectivity index (χ1) is 14.6. The minimum absolute atomic E-state index is 0.174. The standard InChI is InChI=1S/C26H37NO3S/c1-16-13-19(27)22(25(2,3)4)21(14-16)31-23-20(28)15-26(30-24(23)29,17-9-5-6-10-17)18-11-7-8-12-18/h13-14,17-18,28H,5-12,15,27H2,1-4H3. The van der Waals surface area contributed by atoms with E-state index in [1.54, 1.807) is 0 Å². The number of nitrogen functional groups attached to an aromatic ring is 1. The molecule has 0 radical (unpaired) electrons. The third-order valence-corrected chi connectivity index (χ3v) is 8.65. The summed E-state index contributed by atoms with van der Waals surface area (Å²) in [6.07, 6.45) is 9.64. The molecule has 2 fully saturated rings. The number of anilines is 1. The Kier molecular flexibility index (Phi) is 6.10. The van der Waals surface area contributed by atoms with E-state index in [-0.39, 0.29) is 17.1 Å². The lowest BCUT2D eigenvalue weighted by atomic mass is 9.71. The molecule has 1 aromatic carbocycles. The zero-order valence-electron chi connectivity index (χ0n) is 19.4. The Bertz CT molecular complexity index is 871. The summed E-state index contributed by atoms with van der Waals surface area (Å²) in [4.78, 5) is 14.6. The molecule has 0 bridgehead atoms. The van der Waals surface area contributed by atoms with Crippen LogP contribution in [-0.2, 0) is 14.9 Å². The molecule has 1 aliphatic heterocycles. The number of rotatable bonds is 4. The van der Waals surface area contributed by atoms with Gasteiger partial charge in [-0.15, -0.1) is 0 Å². The van der Waals surface area contributed by atoms with Crippen molar-refractivity contribution in [2.45, 2.75) is 101 Å². The molecule has 2 saturated carbocycles. The maximum Gasteiger partial charge on any atom is 0.349 e. The predicted octanol–water partition coefficient (Wildman–Crippen LogP) is 6.80. The second-order valence-electron chi connectivity index (χ2n) is 10.8. The Morgan fingerprint density at radius 3 is 2.10 bits per heavy atom. The maximum absolute atomic E-state index is 13.4. The van der Waals surface area contributed by atoms with E-state index in [9.17, 15) is 9.90 Å². The molecular weight excluding hydrogens is 406 g/mol. The Hall–Kier alpha value is -1.62. The smallest absolute Gasteiger partial charge is 0.349 e. The summed E-state index contributed by atoms with van der Waals surface area (Å²) in [6.45, 7) is 8.37. The third kappa shape index (κ3) is 4.22. The summed E-state index contributed by atoms with van der Waals surface area (Å²) in [5.41, 5.74) is 8.48. The number of thioether (sulfide) groups is 1. The fourth-order valence-corrected chi connectivity index (χ4v) is 7.51. The summed E-state index contributed by atoms with van der Waals surface area (Å²) in [6, 6.07) is 4.04. The summed E-state index contributed by atoms with van der Waals surface area (Å²) >= 11 is 1.32. The highest BCUT2D eigenvalue weighted by molar-refractivity contribution is 8.04. The molecule has 3 aliphatic rings. The number of nitrogens with two attached hydrogens (primary N) is 1. The first kappa shape index (κ1) is 22.6. The first-order valence-corrected chi connectivity index (χ1v) is 12.7. The molecule has 0 atom stereocenters. The summed E-state index contributed by atoms with van der Waals surface area (Å²) in [5, 5.41) is 11.2. The van der Waals surface area contributed by atoms with Crippen molar-refractivity contribution >= 4 is 23.4 Å². The van der Waals surface area contributed by atoms with Crippen molar-refractivity contribution < 1.29 is 14.6 Å². The predicted molar refractivity (Wildman–Crippen MR) is 127 cm³/mol. The number of cyclic esters (lactones) is 1. The van der Waals surface area contributed by atoms with Gasteiger partial charge in [0.2, 0.25) is 0 Å². The number of aliphatic hydroxyl groups is 1. The fourth-order valence-electron chi connectivity index (χ4n) is 6.21. The van der Waals surface area contributed by atoms with E-state index >= 15 is 0 Å². The van der Waals surface area contributed by atoms with Crippen molar-refractivity contribution in [3.8, 4) is 0 Å². The average molecular weight is 444 g/mol. The normalized spacial score (nSPS) is 22.9. The summed E-state index contributed by atoms with van der Waals surface area (Å²) in [7, 11) is 0. The molecule has 0 aromatic heterocycles. The van der Waals surface area contributed by atoms with E-state index in [2.05, 4.69) is 26.8 Å². The molecule has 1 aromatic rings. The Morgan fingerprint density at radius 1 is 1.06 bits per heavy atom. The SMILES string of the molecule is Cc1cc(N)c(C(C)(C)C)c(SC2=C(O)CC(C3CCCC3)(C3CCCC3)OC2=O)c1. The van der Waals surface area contributed by atoms with Gasteiger partial charge in [0.05, 0.1) is 0 Å². The van der Waals surface area contributed by atoms with E-state index in [1.165, 1.54) is 37.4 Å². The van der Waals surface area contributed by atoms with Crippen LogP contribution in [0.3, 0.4) is 0 Å². The number of aryl methyl sites for hydroxylation is 1. The number of benzene rings is 1. The second-order valence-corrected chi connectivity index (χ2v) is 11.9. The van der Waals surface area contributed by atoms with Crippen LogP contribution in [0.2, 0.25) is 0 Å². The first-order valence-electron chi connectivity index (χ1n) is 11.9. The van der Waals surface area contributed by atoms with Gasteiger partial charge in [-0.25, -0.2) is 4.79 Å². The van der Waals surface area contributed by atoms with Gasteiger partial charge in [-0.05, 0) is 73.1 Å². The van der Waals surface area contributed by atoms with Gasteiger partial charge in [0.15, 0.2) is 0 Å². The van der Waals surface area contributed by atoms with E-state index in [4.69, 9.17) is 10.5 Å². The fraction of sp³-hybridized carbons (Fsp3) is 0.654. The van der Waals surface area contributed by atoms with Crippen LogP contribution in [0, 0.1) is 18.8 Å². The molecule has 0 saturated heterocycles. The van der Waals surface area contributed by atoms with Gasteiger partial charge in [-0.1, -0.05) is 58.2 Å². The van der Waals surface area contributed by atoms with Crippen LogP contribution in [0.4, 0.5) is 5.69 Å². The van der Waals surface area contributed by atoms with E-state index in [0.29, 0.717) is 23.2 Å². The highest BCUT2D eigenvalue weighted by atomic mass is 32.2. The van der Waals surface area contributed by atoms with Crippen molar-refractivity contribution in [1.82, 2.24) is 0 Å². The number of hydrogen-bond acceptors (Lipinski definition) is 5. The zero-order valence-corrected chi connectivity index (χ0v) is 20.2. The lowest BCUT2D eigenvalue weighted by molar-refractivity contribution is -0.174. The highest BCUT2D eigenvalue weighted by Crippen LogP contribution is 2.53. The molecule has 170 valence electrons.